The first kappa shape index (κ1) is 13.0. The molecule has 1 N–H and O–H groups in total. The van der Waals surface area contributed by atoms with E-state index in [2.05, 4.69) is 10.1 Å². The predicted octanol–water partition coefficient (Wildman–Crippen LogP) is 2.37. The molecule has 0 aliphatic carbocycles. The molecule has 0 spiro atoms. The predicted molar refractivity (Wildman–Crippen MR) is 65.8 cm³/mol. The number of aryl methyl sites for hydroxylation is 1. The first-order chi connectivity index (χ1) is 8.63. The molecule has 96 valence electrons. The van der Waals surface area contributed by atoms with E-state index in [0.29, 0.717) is 17.9 Å². The monoisotopic (exact) mass is 269 g/mol. The normalized spacial score (nSPS) is 12.7. The summed E-state index contributed by atoms with van der Waals surface area (Å²) in [7, 11) is 0. The van der Waals surface area contributed by atoms with Crippen molar-refractivity contribution in [1.29, 1.82) is 0 Å². The third kappa shape index (κ3) is 2.52. The molecular formula is C12H13ClFN3O. The van der Waals surface area contributed by atoms with Gasteiger partial charge < -0.3 is 5.11 Å². The second-order valence-electron chi connectivity index (χ2n) is 3.85. The van der Waals surface area contributed by atoms with Crippen LogP contribution in [0.3, 0.4) is 0 Å². The first-order valence-electron chi connectivity index (χ1n) is 5.62. The lowest BCUT2D eigenvalue weighted by molar-refractivity contribution is 0.173. The number of nitrogens with zero attached hydrogens (tertiary/aromatic N) is 3. The van der Waals surface area contributed by atoms with Crippen LogP contribution in [0.2, 0.25) is 5.02 Å². The van der Waals surface area contributed by atoms with Crippen LogP contribution in [-0.2, 0) is 13.0 Å². The number of halogens is 2. The van der Waals surface area contributed by atoms with Crippen molar-refractivity contribution in [2.45, 2.75) is 26.0 Å². The number of hydrogen-bond acceptors (Lipinski definition) is 3. The Morgan fingerprint density at radius 2 is 2.28 bits per heavy atom. The van der Waals surface area contributed by atoms with Crippen molar-refractivity contribution in [2.24, 2.45) is 0 Å². The zero-order valence-electron chi connectivity index (χ0n) is 9.85. The van der Waals surface area contributed by atoms with Crippen LogP contribution in [0.15, 0.2) is 24.5 Å². The van der Waals surface area contributed by atoms with Gasteiger partial charge in [-0.15, -0.1) is 0 Å². The molecule has 1 atom stereocenters. The molecule has 0 aliphatic rings. The quantitative estimate of drug-likeness (QED) is 0.927. The SMILES string of the molecule is CCn1ncnc1CC(O)c1cccc(F)c1Cl. The Kier molecular flexibility index (Phi) is 3.93. The fourth-order valence-electron chi connectivity index (χ4n) is 1.77. The molecule has 4 nitrogen and oxygen atoms in total. The number of aliphatic hydroxyl groups excluding tert-OH is 1. The summed E-state index contributed by atoms with van der Waals surface area (Å²) >= 11 is 5.82. The zero-order valence-corrected chi connectivity index (χ0v) is 10.6. The lowest BCUT2D eigenvalue weighted by atomic mass is 10.1. The molecule has 1 heterocycles. The molecule has 1 unspecified atom stereocenters. The summed E-state index contributed by atoms with van der Waals surface area (Å²) in [5.74, 6) is 0.107. The van der Waals surface area contributed by atoms with E-state index in [1.54, 1.807) is 10.7 Å². The van der Waals surface area contributed by atoms with Gasteiger partial charge in [0.15, 0.2) is 0 Å². The van der Waals surface area contributed by atoms with Crippen LogP contribution in [-0.4, -0.2) is 19.9 Å². The van der Waals surface area contributed by atoms with E-state index in [0.717, 1.165) is 0 Å². The summed E-state index contributed by atoms with van der Waals surface area (Å²) in [6.45, 7) is 2.60. The Labute approximate surface area is 109 Å². The Morgan fingerprint density at radius 3 is 3.00 bits per heavy atom. The minimum Gasteiger partial charge on any atom is -0.388 e. The number of aromatic nitrogens is 3. The summed E-state index contributed by atoms with van der Waals surface area (Å²) in [4.78, 5) is 4.06. The maximum atomic E-state index is 13.3. The van der Waals surface area contributed by atoms with Crippen LogP contribution < -0.4 is 0 Å². The highest BCUT2D eigenvalue weighted by atomic mass is 35.5. The van der Waals surface area contributed by atoms with Crippen LogP contribution >= 0.6 is 11.6 Å². The number of hydrogen-bond donors (Lipinski definition) is 1. The van der Waals surface area contributed by atoms with Gasteiger partial charge in [0.05, 0.1) is 11.1 Å². The molecular weight excluding hydrogens is 257 g/mol. The van der Waals surface area contributed by atoms with Crippen LogP contribution in [0, 0.1) is 5.82 Å². The molecule has 0 fully saturated rings. The fourth-order valence-corrected chi connectivity index (χ4v) is 2.02. The highest BCUT2D eigenvalue weighted by molar-refractivity contribution is 6.31. The Morgan fingerprint density at radius 1 is 1.50 bits per heavy atom. The summed E-state index contributed by atoms with van der Waals surface area (Å²) < 4.78 is 15.0. The molecule has 0 bridgehead atoms. The molecule has 6 heteroatoms. The maximum Gasteiger partial charge on any atom is 0.142 e. The molecule has 0 aliphatic heterocycles. The highest BCUT2D eigenvalue weighted by Gasteiger charge is 2.17. The molecule has 1 aromatic heterocycles. The average molecular weight is 270 g/mol. The standard InChI is InChI=1S/C12H13ClFN3O/c1-2-17-11(15-7-16-17)6-10(18)8-4-3-5-9(14)12(8)13/h3-5,7,10,18H,2,6H2,1H3. The van der Waals surface area contributed by atoms with Crippen LogP contribution in [0.5, 0.6) is 0 Å². The van der Waals surface area contributed by atoms with Crippen LogP contribution in [0.4, 0.5) is 4.39 Å². The van der Waals surface area contributed by atoms with Crippen molar-refractivity contribution in [3.05, 3.63) is 46.8 Å². The maximum absolute atomic E-state index is 13.3. The van der Waals surface area contributed by atoms with E-state index in [1.165, 1.54) is 18.5 Å². The Balaban J connectivity index is 2.22. The zero-order chi connectivity index (χ0) is 13.1. The van der Waals surface area contributed by atoms with Crippen molar-refractivity contribution >= 4 is 11.6 Å². The van der Waals surface area contributed by atoms with Gasteiger partial charge in [0, 0.05) is 18.5 Å². The lowest BCUT2D eigenvalue weighted by Crippen LogP contribution is -2.10. The van der Waals surface area contributed by atoms with Gasteiger partial charge in [0.1, 0.15) is 18.0 Å². The number of aliphatic hydroxyl groups is 1. The van der Waals surface area contributed by atoms with E-state index >= 15 is 0 Å². The van der Waals surface area contributed by atoms with Crippen molar-refractivity contribution in [3.63, 3.8) is 0 Å². The van der Waals surface area contributed by atoms with E-state index in [9.17, 15) is 9.50 Å². The fraction of sp³-hybridized carbons (Fsp3) is 0.333. The van der Waals surface area contributed by atoms with Crippen LogP contribution in [0.1, 0.15) is 24.4 Å². The summed E-state index contributed by atoms with van der Waals surface area (Å²) in [5.41, 5.74) is 0.363. The van der Waals surface area contributed by atoms with Gasteiger partial charge in [0.2, 0.25) is 0 Å². The van der Waals surface area contributed by atoms with Gasteiger partial charge in [-0.3, -0.25) is 4.68 Å². The molecule has 1 aromatic carbocycles. The minimum atomic E-state index is -0.900. The molecule has 2 rings (SSSR count). The van der Waals surface area contributed by atoms with Crippen molar-refractivity contribution < 1.29 is 9.50 Å². The van der Waals surface area contributed by atoms with E-state index < -0.39 is 11.9 Å². The van der Waals surface area contributed by atoms with Crippen molar-refractivity contribution in [1.82, 2.24) is 14.8 Å². The highest BCUT2D eigenvalue weighted by Crippen LogP contribution is 2.27. The van der Waals surface area contributed by atoms with Crippen molar-refractivity contribution in [2.75, 3.05) is 0 Å². The minimum absolute atomic E-state index is 0.0486. The third-order valence-electron chi connectivity index (χ3n) is 2.71. The molecule has 2 aromatic rings. The second kappa shape index (κ2) is 5.46. The van der Waals surface area contributed by atoms with Crippen molar-refractivity contribution in [3.8, 4) is 0 Å². The molecule has 0 saturated carbocycles. The summed E-state index contributed by atoms with van der Waals surface area (Å²) in [6.07, 6.45) is 0.776. The molecule has 18 heavy (non-hydrogen) atoms. The van der Waals surface area contributed by atoms with E-state index in [4.69, 9.17) is 11.6 Å². The number of rotatable bonds is 4. The molecule has 0 saturated heterocycles. The van der Waals surface area contributed by atoms with Gasteiger partial charge in [-0.1, -0.05) is 23.7 Å². The topological polar surface area (TPSA) is 50.9 Å². The largest absolute Gasteiger partial charge is 0.388 e. The van der Waals surface area contributed by atoms with Gasteiger partial charge in [0.25, 0.3) is 0 Å². The molecule has 0 radical (unpaired) electrons. The first-order valence-corrected chi connectivity index (χ1v) is 6.00. The van der Waals surface area contributed by atoms with Gasteiger partial charge in [-0.05, 0) is 13.0 Å². The van der Waals surface area contributed by atoms with Gasteiger partial charge in [-0.2, -0.15) is 5.10 Å². The Bertz CT molecular complexity index is 544. The summed E-state index contributed by atoms with van der Waals surface area (Å²) in [5, 5.41) is 14.0. The lowest BCUT2D eigenvalue weighted by Gasteiger charge is -2.12. The molecule has 0 amide bonds. The smallest absolute Gasteiger partial charge is 0.142 e. The van der Waals surface area contributed by atoms with Crippen LogP contribution in [0.25, 0.3) is 0 Å². The van der Waals surface area contributed by atoms with Gasteiger partial charge in [-0.25, -0.2) is 9.37 Å². The van der Waals surface area contributed by atoms with E-state index in [1.807, 2.05) is 6.92 Å². The Hall–Kier alpha value is -1.46. The second-order valence-corrected chi connectivity index (χ2v) is 4.23. The third-order valence-corrected chi connectivity index (χ3v) is 3.11. The summed E-state index contributed by atoms with van der Waals surface area (Å²) in [6, 6.07) is 4.38. The number of benzene rings is 1. The van der Waals surface area contributed by atoms with E-state index in [-0.39, 0.29) is 11.4 Å². The average Bonchev–Trinajstić information content (AvgIpc) is 2.79. The van der Waals surface area contributed by atoms with Gasteiger partial charge >= 0.3 is 0 Å².